The summed E-state index contributed by atoms with van der Waals surface area (Å²) in [4.78, 5) is 0. The zero-order valence-electron chi connectivity index (χ0n) is 8.42. The number of hydrogen-bond donors (Lipinski definition) is 2. The van der Waals surface area contributed by atoms with E-state index < -0.39 is 0 Å². The van der Waals surface area contributed by atoms with Gasteiger partial charge in [-0.2, -0.15) is 0 Å². The summed E-state index contributed by atoms with van der Waals surface area (Å²) in [5.74, 6) is 1.61. The van der Waals surface area contributed by atoms with Crippen molar-refractivity contribution in [2.45, 2.75) is 6.42 Å². The van der Waals surface area contributed by atoms with Crippen LogP contribution in [0.5, 0.6) is 11.5 Å². The summed E-state index contributed by atoms with van der Waals surface area (Å²) >= 11 is 3.37. The van der Waals surface area contributed by atoms with E-state index in [0.29, 0.717) is 13.0 Å². The van der Waals surface area contributed by atoms with Gasteiger partial charge in [0.2, 0.25) is 0 Å². The molecular formula is C10H13BrN2O2. The molecule has 5 heteroatoms. The lowest BCUT2D eigenvalue weighted by atomic mass is 10.3. The lowest BCUT2D eigenvalue weighted by Gasteiger charge is -2.08. The summed E-state index contributed by atoms with van der Waals surface area (Å²) in [5, 5.41) is 7.04. The molecule has 1 aromatic carbocycles. The van der Waals surface area contributed by atoms with Crippen molar-refractivity contribution in [3.05, 3.63) is 22.7 Å². The summed E-state index contributed by atoms with van der Waals surface area (Å²) in [6.07, 6.45) is 0.429. The Balaban J connectivity index is 2.58. The van der Waals surface area contributed by atoms with Crippen LogP contribution < -0.4 is 15.2 Å². The van der Waals surface area contributed by atoms with Crippen LogP contribution in [0.25, 0.3) is 0 Å². The van der Waals surface area contributed by atoms with E-state index in [1.807, 2.05) is 18.2 Å². The lowest BCUT2D eigenvalue weighted by molar-refractivity contribution is 0.325. The first-order chi connectivity index (χ1) is 7.13. The third-order valence-electron chi connectivity index (χ3n) is 1.77. The largest absolute Gasteiger partial charge is 0.497 e. The Morgan fingerprint density at radius 1 is 1.53 bits per heavy atom. The molecule has 0 aliphatic rings. The molecule has 0 saturated carbocycles. The molecule has 0 radical (unpaired) electrons. The molecule has 0 aliphatic heterocycles. The Morgan fingerprint density at radius 2 is 2.27 bits per heavy atom. The monoisotopic (exact) mass is 272 g/mol. The second-order valence-corrected chi connectivity index (χ2v) is 3.77. The molecule has 1 rings (SSSR count). The van der Waals surface area contributed by atoms with Crippen molar-refractivity contribution < 1.29 is 9.47 Å². The summed E-state index contributed by atoms with van der Waals surface area (Å²) in [6, 6.07) is 5.44. The van der Waals surface area contributed by atoms with Crippen LogP contribution in [0.4, 0.5) is 0 Å². The number of methoxy groups -OCH3 is 1. The third-order valence-corrected chi connectivity index (χ3v) is 2.39. The molecule has 1 aromatic rings. The molecule has 0 amide bonds. The number of hydrogen-bond acceptors (Lipinski definition) is 3. The maximum Gasteiger partial charge on any atom is 0.133 e. The molecule has 4 nitrogen and oxygen atoms in total. The summed E-state index contributed by atoms with van der Waals surface area (Å²) in [7, 11) is 1.61. The zero-order valence-corrected chi connectivity index (χ0v) is 10.0. The van der Waals surface area contributed by atoms with Crippen molar-refractivity contribution in [3.63, 3.8) is 0 Å². The van der Waals surface area contributed by atoms with Crippen molar-refractivity contribution >= 4 is 21.8 Å². The van der Waals surface area contributed by atoms with Gasteiger partial charge in [-0.1, -0.05) is 0 Å². The van der Waals surface area contributed by atoms with E-state index >= 15 is 0 Å². The van der Waals surface area contributed by atoms with Crippen LogP contribution in [0.2, 0.25) is 0 Å². The molecule has 0 aliphatic carbocycles. The van der Waals surface area contributed by atoms with Gasteiger partial charge in [-0.05, 0) is 34.1 Å². The Labute approximate surface area is 97.0 Å². The molecule has 0 spiro atoms. The first-order valence-electron chi connectivity index (χ1n) is 4.42. The normalized spacial score (nSPS) is 9.73. The Kier molecular flexibility index (Phi) is 4.42. The summed E-state index contributed by atoms with van der Waals surface area (Å²) < 4.78 is 11.3. The topological polar surface area (TPSA) is 68.3 Å². The molecule has 82 valence electrons. The van der Waals surface area contributed by atoms with Gasteiger partial charge in [0.15, 0.2) is 0 Å². The molecule has 0 unspecified atom stereocenters. The highest BCUT2D eigenvalue weighted by Gasteiger charge is 2.02. The van der Waals surface area contributed by atoms with Crippen molar-refractivity contribution in [2.24, 2.45) is 5.73 Å². The average Bonchev–Trinajstić information content (AvgIpc) is 2.20. The van der Waals surface area contributed by atoms with Crippen LogP contribution in [0.3, 0.4) is 0 Å². The number of rotatable bonds is 5. The molecule has 0 aromatic heterocycles. The van der Waals surface area contributed by atoms with Gasteiger partial charge >= 0.3 is 0 Å². The van der Waals surface area contributed by atoms with Gasteiger partial charge in [0, 0.05) is 6.42 Å². The third kappa shape index (κ3) is 3.79. The fourth-order valence-electron chi connectivity index (χ4n) is 0.997. The van der Waals surface area contributed by atoms with Crippen molar-refractivity contribution in [1.82, 2.24) is 0 Å². The molecule has 15 heavy (non-hydrogen) atoms. The Morgan fingerprint density at radius 3 is 2.80 bits per heavy atom. The number of benzene rings is 1. The minimum absolute atomic E-state index is 0.125. The standard InChI is InChI=1S/C10H13BrN2O2/c1-14-7-2-3-9(8(11)6-7)15-5-4-10(12)13/h2-3,6H,4-5H2,1H3,(H3,12,13). The molecule has 0 bridgehead atoms. The number of ether oxygens (including phenoxy) is 2. The van der Waals surface area contributed by atoms with Gasteiger partial charge < -0.3 is 15.2 Å². The maximum atomic E-state index is 7.04. The first kappa shape index (κ1) is 11.8. The number of nitrogens with one attached hydrogen (secondary N) is 1. The highest BCUT2D eigenvalue weighted by molar-refractivity contribution is 9.10. The fourth-order valence-corrected chi connectivity index (χ4v) is 1.47. The van der Waals surface area contributed by atoms with Gasteiger partial charge in [0.05, 0.1) is 24.0 Å². The number of halogens is 1. The van der Waals surface area contributed by atoms with E-state index in [-0.39, 0.29) is 5.84 Å². The SMILES string of the molecule is COc1ccc(OCCC(=N)N)c(Br)c1. The van der Waals surface area contributed by atoms with Crippen LogP contribution in [-0.2, 0) is 0 Å². The summed E-state index contributed by atoms with van der Waals surface area (Å²) in [6.45, 7) is 0.403. The van der Waals surface area contributed by atoms with E-state index in [0.717, 1.165) is 16.0 Å². The van der Waals surface area contributed by atoms with Gasteiger partial charge in [-0.3, -0.25) is 5.41 Å². The van der Waals surface area contributed by atoms with Crippen LogP contribution in [0.15, 0.2) is 22.7 Å². The molecule has 0 saturated heterocycles. The highest BCUT2D eigenvalue weighted by atomic mass is 79.9. The van der Waals surface area contributed by atoms with Crippen LogP contribution >= 0.6 is 15.9 Å². The smallest absolute Gasteiger partial charge is 0.133 e. The Hall–Kier alpha value is -1.23. The van der Waals surface area contributed by atoms with E-state index in [4.69, 9.17) is 20.6 Å². The van der Waals surface area contributed by atoms with E-state index in [9.17, 15) is 0 Å². The summed E-state index contributed by atoms with van der Waals surface area (Å²) in [5.41, 5.74) is 5.21. The maximum absolute atomic E-state index is 7.04. The molecule has 0 atom stereocenters. The quantitative estimate of drug-likeness (QED) is 0.638. The van der Waals surface area contributed by atoms with Crippen LogP contribution in [0.1, 0.15) is 6.42 Å². The second-order valence-electron chi connectivity index (χ2n) is 2.92. The van der Waals surface area contributed by atoms with Crippen LogP contribution in [-0.4, -0.2) is 19.6 Å². The highest BCUT2D eigenvalue weighted by Crippen LogP contribution is 2.29. The minimum atomic E-state index is 0.125. The first-order valence-corrected chi connectivity index (χ1v) is 5.22. The fraction of sp³-hybridized carbons (Fsp3) is 0.300. The van der Waals surface area contributed by atoms with Crippen molar-refractivity contribution in [2.75, 3.05) is 13.7 Å². The molecule has 0 fully saturated rings. The van der Waals surface area contributed by atoms with Crippen molar-refractivity contribution in [3.8, 4) is 11.5 Å². The van der Waals surface area contributed by atoms with Gasteiger partial charge in [-0.15, -0.1) is 0 Å². The lowest BCUT2D eigenvalue weighted by Crippen LogP contribution is -2.13. The average molecular weight is 273 g/mol. The molecule has 0 heterocycles. The zero-order chi connectivity index (χ0) is 11.3. The van der Waals surface area contributed by atoms with Gasteiger partial charge in [-0.25, -0.2) is 0 Å². The Bertz CT molecular complexity index is 355. The van der Waals surface area contributed by atoms with E-state index in [1.54, 1.807) is 7.11 Å². The predicted octanol–water partition coefficient (Wildman–Crippen LogP) is 2.16. The minimum Gasteiger partial charge on any atom is -0.497 e. The van der Waals surface area contributed by atoms with Gasteiger partial charge in [0.1, 0.15) is 11.5 Å². The van der Waals surface area contributed by atoms with E-state index in [1.165, 1.54) is 0 Å². The second kappa shape index (κ2) is 5.60. The van der Waals surface area contributed by atoms with Crippen molar-refractivity contribution in [1.29, 1.82) is 5.41 Å². The van der Waals surface area contributed by atoms with E-state index in [2.05, 4.69) is 15.9 Å². The molecule has 3 N–H and O–H groups in total. The number of amidine groups is 1. The van der Waals surface area contributed by atoms with Gasteiger partial charge in [0.25, 0.3) is 0 Å². The van der Waals surface area contributed by atoms with Crippen LogP contribution in [0, 0.1) is 5.41 Å². The molecular weight excluding hydrogens is 260 g/mol. The predicted molar refractivity (Wildman–Crippen MR) is 62.7 cm³/mol. The number of nitrogens with two attached hydrogens (primary N) is 1.